The number of aromatic amines is 1. The molecule has 3 rings (SSSR count). The topological polar surface area (TPSA) is 120 Å². The molecule has 1 fully saturated rings. The molecule has 0 bridgehead atoms. The number of H-pyrrole nitrogens is 1. The summed E-state index contributed by atoms with van der Waals surface area (Å²) in [5.74, 6) is 0.372. The molecular formula is C15H20N5O5P. The Morgan fingerprint density at radius 2 is 2.42 bits per heavy atom. The highest BCUT2D eigenvalue weighted by Crippen LogP contribution is 2.33. The zero-order chi connectivity index (χ0) is 18.7. The highest BCUT2D eigenvalue weighted by Gasteiger charge is 2.37. The van der Waals surface area contributed by atoms with Crippen molar-refractivity contribution in [2.24, 2.45) is 4.74 Å². The summed E-state index contributed by atoms with van der Waals surface area (Å²) in [6.07, 6.45) is 1.26. The number of hydrogen-bond donors (Lipinski definition) is 2. The van der Waals surface area contributed by atoms with Gasteiger partial charge in [0.2, 0.25) is 5.95 Å². The number of ether oxygens (including phenoxy) is 3. The van der Waals surface area contributed by atoms with Crippen LogP contribution in [0.1, 0.15) is 12.6 Å². The van der Waals surface area contributed by atoms with Crippen LogP contribution in [0.2, 0.25) is 0 Å². The van der Waals surface area contributed by atoms with Gasteiger partial charge in [-0.25, -0.2) is 4.79 Å². The Kier molecular flexibility index (Phi) is 5.65. The third-order valence-electron chi connectivity index (χ3n) is 4.16. The van der Waals surface area contributed by atoms with Gasteiger partial charge in [-0.15, -0.1) is 0 Å². The second kappa shape index (κ2) is 7.94. The average Bonchev–Trinajstić information content (AvgIpc) is 3.23. The molecule has 1 aliphatic heterocycles. The van der Waals surface area contributed by atoms with Crippen molar-refractivity contribution >= 4 is 31.1 Å². The van der Waals surface area contributed by atoms with Crippen LogP contribution in [0, 0.1) is 0 Å². The van der Waals surface area contributed by atoms with E-state index in [9.17, 15) is 9.59 Å². The van der Waals surface area contributed by atoms with Gasteiger partial charge in [0.15, 0.2) is 5.65 Å². The Morgan fingerprint density at radius 1 is 1.62 bits per heavy atom. The predicted molar refractivity (Wildman–Crippen MR) is 95.8 cm³/mol. The Bertz CT molecular complexity index is 879. The molecule has 3 atom stereocenters. The third-order valence-corrected chi connectivity index (χ3v) is 4.66. The standard InChI is InChI=1S/C15H20N5O5P/c1-16-14-18-12-8(13(21)19-14)4-5-20(12)11-6-9(23-3)10(25-11)7-24-15(22)26-17-2/h4-5,9-11H,6-7H2,1-3H3,(H2,16,18,19,21)/t9-,10?,11?/m1/s1. The fourth-order valence-corrected chi connectivity index (χ4v) is 3.22. The fraction of sp³-hybridized carbons (Fsp3) is 0.533. The summed E-state index contributed by atoms with van der Waals surface area (Å²) in [4.78, 5) is 30.7. The average molecular weight is 381 g/mol. The predicted octanol–water partition coefficient (Wildman–Crippen LogP) is 1.96. The van der Waals surface area contributed by atoms with E-state index < -0.39 is 11.8 Å². The summed E-state index contributed by atoms with van der Waals surface area (Å²) in [6.45, 7) is 0.0747. The molecule has 2 aromatic rings. The second-order valence-corrected chi connectivity index (χ2v) is 6.61. The molecule has 0 saturated carbocycles. The first kappa shape index (κ1) is 18.5. The molecule has 2 unspecified atom stereocenters. The molecule has 0 aliphatic carbocycles. The molecule has 1 aliphatic rings. The van der Waals surface area contributed by atoms with Crippen molar-refractivity contribution in [1.29, 1.82) is 0 Å². The van der Waals surface area contributed by atoms with Crippen LogP contribution >= 0.6 is 8.37 Å². The zero-order valence-corrected chi connectivity index (χ0v) is 15.5. The lowest BCUT2D eigenvalue weighted by atomic mass is 10.2. The lowest BCUT2D eigenvalue weighted by Crippen LogP contribution is -2.28. The van der Waals surface area contributed by atoms with Crippen LogP contribution in [-0.2, 0) is 14.2 Å². The molecule has 2 aromatic heterocycles. The lowest BCUT2D eigenvalue weighted by Gasteiger charge is -2.16. The van der Waals surface area contributed by atoms with Crippen LogP contribution in [0.15, 0.2) is 21.8 Å². The van der Waals surface area contributed by atoms with E-state index in [0.29, 0.717) is 23.4 Å². The van der Waals surface area contributed by atoms with Crippen molar-refractivity contribution in [2.75, 3.05) is 33.1 Å². The Morgan fingerprint density at radius 3 is 3.12 bits per heavy atom. The number of fused-ring (bicyclic) bond motifs is 1. The zero-order valence-electron chi connectivity index (χ0n) is 14.6. The van der Waals surface area contributed by atoms with Gasteiger partial charge in [0.1, 0.15) is 27.3 Å². The van der Waals surface area contributed by atoms with E-state index in [2.05, 4.69) is 20.0 Å². The minimum Gasteiger partial charge on any atom is -0.455 e. The van der Waals surface area contributed by atoms with Gasteiger partial charge in [0.05, 0.1) is 11.5 Å². The molecule has 0 spiro atoms. The fourth-order valence-electron chi connectivity index (χ4n) is 2.93. The van der Waals surface area contributed by atoms with E-state index >= 15 is 0 Å². The number of anilines is 1. The lowest BCUT2D eigenvalue weighted by molar-refractivity contribution is -0.0513. The van der Waals surface area contributed by atoms with Gasteiger partial charge >= 0.3 is 5.71 Å². The van der Waals surface area contributed by atoms with Crippen LogP contribution in [-0.4, -0.2) is 60.3 Å². The molecule has 1 saturated heterocycles. The van der Waals surface area contributed by atoms with Crippen molar-refractivity contribution < 1.29 is 19.0 Å². The third kappa shape index (κ3) is 3.62. The summed E-state index contributed by atoms with van der Waals surface area (Å²) in [7, 11) is 5.05. The highest BCUT2D eigenvalue weighted by atomic mass is 31.1. The number of hydrogen-bond acceptors (Lipinski definition) is 8. The quantitative estimate of drug-likeness (QED) is 0.734. The van der Waals surface area contributed by atoms with Gasteiger partial charge in [-0.05, 0) is 6.07 Å². The first-order chi connectivity index (χ1) is 12.6. The monoisotopic (exact) mass is 381 g/mol. The molecule has 140 valence electrons. The Labute approximate surface area is 150 Å². The van der Waals surface area contributed by atoms with E-state index in [0.717, 1.165) is 0 Å². The molecule has 0 amide bonds. The molecule has 10 nitrogen and oxygen atoms in total. The van der Waals surface area contributed by atoms with Gasteiger partial charge < -0.3 is 24.1 Å². The first-order valence-electron chi connectivity index (χ1n) is 8.00. The van der Waals surface area contributed by atoms with Crippen LogP contribution in [0.3, 0.4) is 0 Å². The molecular weight excluding hydrogens is 361 g/mol. The van der Waals surface area contributed by atoms with Gasteiger partial charge in [-0.3, -0.25) is 14.5 Å². The maximum Gasteiger partial charge on any atom is 0.375 e. The number of methoxy groups -OCH3 is 1. The van der Waals surface area contributed by atoms with Gasteiger partial charge in [0.25, 0.3) is 5.56 Å². The Balaban J connectivity index is 1.82. The van der Waals surface area contributed by atoms with Gasteiger partial charge in [-0.1, -0.05) is 0 Å². The summed E-state index contributed by atoms with van der Waals surface area (Å²) >= 11 is 0. The summed E-state index contributed by atoms with van der Waals surface area (Å²) in [5, 5.41) is 3.30. The van der Waals surface area contributed by atoms with Crippen LogP contribution in [0.25, 0.3) is 11.0 Å². The van der Waals surface area contributed by atoms with Gasteiger partial charge in [0, 0.05) is 33.8 Å². The smallest absolute Gasteiger partial charge is 0.375 e. The van der Waals surface area contributed by atoms with Crippen LogP contribution < -0.4 is 10.9 Å². The minimum absolute atomic E-state index is 0.0747. The summed E-state index contributed by atoms with van der Waals surface area (Å²) in [5.41, 5.74) is -0.154. The molecule has 2 N–H and O–H groups in total. The van der Waals surface area contributed by atoms with E-state index in [1.807, 2.05) is 0 Å². The van der Waals surface area contributed by atoms with E-state index in [1.165, 1.54) is 7.05 Å². The molecule has 26 heavy (non-hydrogen) atoms. The van der Waals surface area contributed by atoms with E-state index in [1.54, 1.807) is 31.0 Å². The maximum atomic E-state index is 12.1. The molecule has 11 heteroatoms. The second-order valence-electron chi connectivity index (χ2n) is 5.64. The Hall–Kier alpha value is -2.29. The van der Waals surface area contributed by atoms with Crippen molar-refractivity contribution in [3.05, 3.63) is 22.6 Å². The number of carbonyl (C=O) groups is 1. The summed E-state index contributed by atoms with van der Waals surface area (Å²) in [6, 6.07) is 1.70. The largest absolute Gasteiger partial charge is 0.455 e. The van der Waals surface area contributed by atoms with Crippen molar-refractivity contribution in [2.45, 2.75) is 24.9 Å². The summed E-state index contributed by atoms with van der Waals surface area (Å²) < 4.78 is 22.1. The molecule has 3 heterocycles. The molecule has 0 radical (unpaired) electrons. The van der Waals surface area contributed by atoms with E-state index in [-0.39, 0.29) is 32.9 Å². The maximum absolute atomic E-state index is 12.1. The minimum atomic E-state index is -0.437. The number of nitrogens with zero attached hydrogens (tertiary/aromatic N) is 3. The highest BCUT2D eigenvalue weighted by molar-refractivity contribution is 7.47. The van der Waals surface area contributed by atoms with Gasteiger partial charge in [-0.2, -0.15) is 4.98 Å². The number of aromatic nitrogens is 3. The van der Waals surface area contributed by atoms with Crippen LogP contribution in [0.4, 0.5) is 10.7 Å². The number of rotatable bonds is 6. The van der Waals surface area contributed by atoms with Crippen molar-refractivity contribution in [1.82, 2.24) is 14.5 Å². The number of nitrogens with one attached hydrogen (secondary N) is 2. The normalized spacial score (nSPS) is 23.0. The number of carbonyl (C=O) groups excluding carboxylic acids is 1. The molecule has 0 aromatic carbocycles. The van der Waals surface area contributed by atoms with Crippen molar-refractivity contribution in [3.63, 3.8) is 0 Å². The SMILES string of the molecule is CN=PC(=O)OCC1OC(n2ccc3c(=O)[nH]c(NC)nc32)C[C@H]1OC. The van der Waals surface area contributed by atoms with E-state index in [4.69, 9.17) is 14.2 Å². The first-order valence-corrected chi connectivity index (χ1v) is 8.85. The van der Waals surface area contributed by atoms with Crippen molar-refractivity contribution in [3.8, 4) is 0 Å². The van der Waals surface area contributed by atoms with Crippen LogP contribution in [0.5, 0.6) is 0 Å².